The summed E-state index contributed by atoms with van der Waals surface area (Å²) < 4.78 is 0. The van der Waals surface area contributed by atoms with Crippen LogP contribution in [0.25, 0.3) is 0 Å². The number of H-pyrrole nitrogens is 1. The van der Waals surface area contributed by atoms with Crippen LogP contribution in [0.4, 0.5) is 5.82 Å². The number of rotatable bonds is 9. The van der Waals surface area contributed by atoms with Gasteiger partial charge in [0.2, 0.25) is 0 Å². The fourth-order valence-electron chi connectivity index (χ4n) is 3.68. The van der Waals surface area contributed by atoms with Crippen LogP contribution in [0.1, 0.15) is 51.0 Å². The number of aromatic amines is 1. The van der Waals surface area contributed by atoms with Gasteiger partial charge in [0.05, 0.1) is 11.8 Å². The van der Waals surface area contributed by atoms with Gasteiger partial charge in [-0.1, -0.05) is 31.8 Å². The van der Waals surface area contributed by atoms with Gasteiger partial charge in [-0.15, -0.1) is 0 Å². The van der Waals surface area contributed by atoms with Crippen molar-refractivity contribution in [2.24, 2.45) is 16.8 Å². The molecule has 0 radical (unpaired) electrons. The van der Waals surface area contributed by atoms with Crippen LogP contribution in [0.2, 0.25) is 0 Å². The Morgan fingerprint density at radius 2 is 2.28 bits per heavy atom. The summed E-state index contributed by atoms with van der Waals surface area (Å²) in [5, 5.41) is 20.5. The SMILES string of the molecule is C/C=C(\C=N/CCC(CC#N)C1CCCC1)C(=N)c1cc[nH]c1NC. The molecule has 1 saturated carbocycles. The summed E-state index contributed by atoms with van der Waals surface area (Å²) in [6.07, 6.45) is 12.3. The third-order valence-electron chi connectivity index (χ3n) is 5.15. The molecule has 2 rings (SSSR count). The molecule has 3 N–H and O–H groups in total. The van der Waals surface area contributed by atoms with Crippen LogP contribution in [-0.4, -0.2) is 30.5 Å². The highest BCUT2D eigenvalue weighted by molar-refractivity contribution is 6.24. The van der Waals surface area contributed by atoms with E-state index in [9.17, 15) is 0 Å². The second kappa shape index (κ2) is 9.83. The Morgan fingerprint density at radius 3 is 2.92 bits per heavy atom. The van der Waals surface area contributed by atoms with Crippen molar-refractivity contribution in [1.29, 1.82) is 10.7 Å². The average molecular weight is 339 g/mol. The van der Waals surface area contributed by atoms with E-state index in [1.54, 1.807) is 6.21 Å². The van der Waals surface area contributed by atoms with Crippen molar-refractivity contribution in [1.82, 2.24) is 4.98 Å². The molecule has 1 aromatic rings. The third-order valence-corrected chi connectivity index (χ3v) is 5.15. The fraction of sp³-hybridized carbons (Fsp3) is 0.550. The molecule has 5 heteroatoms. The molecule has 1 aliphatic rings. The number of anilines is 1. The van der Waals surface area contributed by atoms with E-state index >= 15 is 0 Å². The third kappa shape index (κ3) is 5.06. The van der Waals surface area contributed by atoms with Crippen molar-refractivity contribution in [2.45, 2.75) is 45.4 Å². The topological polar surface area (TPSA) is 87.8 Å². The lowest BCUT2D eigenvalue weighted by Crippen LogP contribution is -2.13. The smallest absolute Gasteiger partial charge is 0.112 e. The van der Waals surface area contributed by atoms with Crippen molar-refractivity contribution in [3.63, 3.8) is 0 Å². The summed E-state index contributed by atoms with van der Waals surface area (Å²) in [5.74, 6) is 2.01. The molecular formula is C20H29N5. The summed E-state index contributed by atoms with van der Waals surface area (Å²) in [6, 6.07) is 4.24. The molecule has 1 atom stereocenters. The molecule has 134 valence electrons. The van der Waals surface area contributed by atoms with Crippen LogP contribution < -0.4 is 5.32 Å². The maximum Gasteiger partial charge on any atom is 0.112 e. The minimum Gasteiger partial charge on any atom is -0.374 e. The van der Waals surface area contributed by atoms with Gasteiger partial charge in [-0.25, -0.2) is 0 Å². The van der Waals surface area contributed by atoms with Gasteiger partial charge in [0.1, 0.15) is 5.82 Å². The molecule has 1 heterocycles. The van der Waals surface area contributed by atoms with E-state index in [-0.39, 0.29) is 0 Å². The second-order valence-corrected chi connectivity index (χ2v) is 6.63. The van der Waals surface area contributed by atoms with Crippen molar-refractivity contribution in [3.05, 3.63) is 29.5 Å². The highest BCUT2D eigenvalue weighted by atomic mass is 15.0. The summed E-state index contributed by atoms with van der Waals surface area (Å²) in [6.45, 7) is 2.65. The highest BCUT2D eigenvalue weighted by Gasteiger charge is 2.24. The zero-order chi connectivity index (χ0) is 18.1. The first kappa shape index (κ1) is 19.0. The Balaban J connectivity index is 1.92. The molecular weight excluding hydrogens is 310 g/mol. The molecule has 1 aromatic heterocycles. The van der Waals surface area contributed by atoms with Crippen LogP contribution in [-0.2, 0) is 0 Å². The number of nitrogens with one attached hydrogen (secondary N) is 3. The van der Waals surface area contributed by atoms with Gasteiger partial charge in [-0.3, -0.25) is 10.4 Å². The van der Waals surface area contributed by atoms with Crippen LogP contribution in [0.3, 0.4) is 0 Å². The predicted molar refractivity (Wildman–Crippen MR) is 105 cm³/mol. The van der Waals surface area contributed by atoms with Crippen molar-refractivity contribution >= 4 is 17.7 Å². The Morgan fingerprint density at radius 1 is 1.52 bits per heavy atom. The molecule has 0 bridgehead atoms. The van der Waals surface area contributed by atoms with E-state index < -0.39 is 0 Å². The van der Waals surface area contributed by atoms with Crippen molar-refractivity contribution in [2.75, 3.05) is 18.9 Å². The fourth-order valence-corrected chi connectivity index (χ4v) is 3.68. The molecule has 0 saturated heterocycles. The molecule has 1 fully saturated rings. The first-order valence-corrected chi connectivity index (χ1v) is 9.18. The lowest BCUT2D eigenvalue weighted by molar-refractivity contribution is 0.328. The Hall–Kier alpha value is -2.35. The second-order valence-electron chi connectivity index (χ2n) is 6.63. The van der Waals surface area contributed by atoms with Gasteiger partial charge in [0.15, 0.2) is 0 Å². The summed E-state index contributed by atoms with van der Waals surface area (Å²) in [4.78, 5) is 7.64. The molecule has 0 aliphatic heterocycles. The van der Waals surface area contributed by atoms with Gasteiger partial charge in [0, 0.05) is 43.6 Å². The zero-order valence-electron chi connectivity index (χ0n) is 15.3. The molecule has 0 spiro atoms. The molecule has 5 nitrogen and oxygen atoms in total. The lowest BCUT2D eigenvalue weighted by atomic mass is 9.86. The van der Waals surface area contributed by atoms with Crippen molar-refractivity contribution < 1.29 is 0 Å². The Bertz CT molecular complexity index is 656. The average Bonchev–Trinajstić information content (AvgIpc) is 3.31. The van der Waals surface area contributed by atoms with Gasteiger partial charge in [-0.05, 0) is 31.2 Å². The summed E-state index contributed by atoms with van der Waals surface area (Å²) >= 11 is 0. The number of nitrogens with zero attached hydrogens (tertiary/aromatic N) is 2. The highest BCUT2D eigenvalue weighted by Crippen LogP contribution is 2.34. The molecule has 25 heavy (non-hydrogen) atoms. The predicted octanol–water partition coefficient (Wildman–Crippen LogP) is 4.55. The summed E-state index contributed by atoms with van der Waals surface area (Å²) in [7, 11) is 1.84. The Labute approximate surface area is 150 Å². The maximum atomic E-state index is 9.07. The van der Waals surface area contributed by atoms with Gasteiger partial charge >= 0.3 is 0 Å². The first-order valence-electron chi connectivity index (χ1n) is 9.18. The molecule has 0 aromatic carbocycles. The van der Waals surface area contributed by atoms with E-state index in [0.717, 1.165) is 29.9 Å². The van der Waals surface area contributed by atoms with E-state index in [4.69, 9.17) is 10.7 Å². The maximum absolute atomic E-state index is 9.07. The van der Waals surface area contributed by atoms with E-state index in [1.807, 2.05) is 32.3 Å². The number of hydrogen-bond acceptors (Lipinski definition) is 4. The van der Waals surface area contributed by atoms with E-state index in [1.165, 1.54) is 25.7 Å². The lowest BCUT2D eigenvalue weighted by Gasteiger charge is -2.19. The first-order chi connectivity index (χ1) is 12.2. The molecule has 1 aliphatic carbocycles. The van der Waals surface area contributed by atoms with Crippen LogP contribution in [0, 0.1) is 28.6 Å². The number of allylic oxidation sites excluding steroid dienone is 2. The minimum atomic E-state index is 0.459. The van der Waals surface area contributed by atoms with Gasteiger partial charge in [-0.2, -0.15) is 5.26 Å². The van der Waals surface area contributed by atoms with Crippen LogP contribution in [0.15, 0.2) is 28.9 Å². The van der Waals surface area contributed by atoms with Gasteiger partial charge < -0.3 is 10.3 Å². The Kier molecular flexibility index (Phi) is 7.46. The number of hydrogen-bond donors (Lipinski definition) is 3. The number of aliphatic imine (C=N–C) groups is 1. The zero-order valence-corrected chi connectivity index (χ0v) is 15.3. The largest absolute Gasteiger partial charge is 0.374 e. The standard InChI is InChI=1S/C20H29N5/c1-3-15(19(22)18-10-13-25-20(18)23-2)14-24-12-9-17(8-11-21)16-6-4-5-7-16/h3,10,13-14,16-17,22-23,25H,4-9,12H2,1-2H3/b15-3+,22-19?,24-14-. The molecule has 0 amide bonds. The molecule has 1 unspecified atom stereocenters. The minimum absolute atomic E-state index is 0.459. The van der Waals surface area contributed by atoms with Gasteiger partial charge in [0.25, 0.3) is 0 Å². The summed E-state index contributed by atoms with van der Waals surface area (Å²) in [5.41, 5.74) is 2.12. The van der Waals surface area contributed by atoms with Crippen LogP contribution >= 0.6 is 0 Å². The van der Waals surface area contributed by atoms with E-state index in [2.05, 4.69) is 21.4 Å². The van der Waals surface area contributed by atoms with Crippen LogP contribution in [0.5, 0.6) is 0 Å². The monoisotopic (exact) mass is 339 g/mol. The van der Waals surface area contributed by atoms with E-state index in [0.29, 0.717) is 24.0 Å². The number of nitriles is 1. The van der Waals surface area contributed by atoms with Crippen molar-refractivity contribution in [3.8, 4) is 6.07 Å². The number of aromatic nitrogens is 1. The quantitative estimate of drug-likeness (QED) is 0.576. The normalized spacial score (nSPS) is 16.9.